The number of nitrogens with zero attached hydrogens (tertiary/aromatic N) is 1. The summed E-state index contributed by atoms with van der Waals surface area (Å²) in [5, 5.41) is 9.82. The van der Waals surface area contributed by atoms with Crippen molar-refractivity contribution in [2.24, 2.45) is 5.73 Å². The fraction of sp³-hybridized carbons (Fsp3) is 0.375. The summed E-state index contributed by atoms with van der Waals surface area (Å²) in [4.78, 5) is 23.4. The van der Waals surface area contributed by atoms with E-state index in [1.165, 1.54) is 4.57 Å². The van der Waals surface area contributed by atoms with Crippen molar-refractivity contribution in [3.05, 3.63) is 36.0 Å². The van der Waals surface area contributed by atoms with Crippen molar-refractivity contribution in [3.63, 3.8) is 0 Å². The molecule has 0 radical (unpaired) electrons. The molecule has 0 unspecified atom stereocenters. The van der Waals surface area contributed by atoms with Crippen LogP contribution in [0.4, 0.5) is 4.79 Å². The maximum Gasteiger partial charge on any atom is 0.419 e. The normalized spacial score (nSPS) is 13.1. The van der Waals surface area contributed by atoms with Gasteiger partial charge in [-0.2, -0.15) is 0 Å². The number of carboxylic acids is 1. The summed E-state index contributed by atoms with van der Waals surface area (Å²) in [6.07, 6.45) is -0.496. The van der Waals surface area contributed by atoms with Crippen molar-refractivity contribution in [2.75, 3.05) is 0 Å². The highest BCUT2D eigenvalue weighted by molar-refractivity contribution is 5.91. The number of rotatable bonds is 3. The van der Waals surface area contributed by atoms with Gasteiger partial charge in [0.15, 0.2) is 0 Å². The average molecular weight is 304 g/mol. The number of carbonyl (C=O) groups excluding carboxylic acids is 1. The Morgan fingerprint density at radius 1 is 1.32 bits per heavy atom. The molecule has 1 aromatic carbocycles. The lowest BCUT2D eigenvalue weighted by Gasteiger charge is -2.21. The maximum atomic E-state index is 12.5. The Labute approximate surface area is 128 Å². The van der Waals surface area contributed by atoms with Crippen molar-refractivity contribution in [2.45, 2.75) is 38.8 Å². The predicted molar refractivity (Wildman–Crippen MR) is 82.9 cm³/mol. The minimum absolute atomic E-state index is 0.0449. The highest BCUT2D eigenvalue weighted by Gasteiger charge is 2.24. The van der Waals surface area contributed by atoms with E-state index in [2.05, 4.69) is 0 Å². The molecular formula is C16H20N2O4. The number of hydrogen-bond donors (Lipinski definition) is 2. The summed E-state index contributed by atoms with van der Waals surface area (Å²) in [7, 11) is 0. The zero-order chi connectivity index (χ0) is 16.5. The number of benzene rings is 1. The second kappa shape index (κ2) is 5.81. The van der Waals surface area contributed by atoms with E-state index in [1.54, 1.807) is 32.9 Å². The number of aromatic nitrogens is 1. The van der Waals surface area contributed by atoms with Crippen LogP contribution in [0.3, 0.4) is 0 Å². The Morgan fingerprint density at radius 3 is 2.55 bits per heavy atom. The third-order valence-corrected chi connectivity index (χ3v) is 3.11. The first-order chi connectivity index (χ1) is 10.2. The van der Waals surface area contributed by atoms with Crippen LogP contribution in [0.5, 0.6) is 0 Å². The van der Waals surface area contributed by atoms with Crippen LogP contribution >= 0.6 is 0 Å². The van der Waals surface area contributed by atoms with Gasteiger partial charge in [-0.3, -0.25) is 4.79 Å². The topological polar surface area (TPSA) is 94.5 Å². The van der Waals surface area contributed by atoms with Gasteiger partial charge < -0.3 is 15.6 Å². The highest BCUT2D eigenvalue weighted by Crippen LogP contribution is 2.22. The Hall–Kier alpha value is -2.34. The molecule has 6 heteroatoms. The summed E-state index contributed by atoms with van der Waals surface area (Å²) in [5.41, 5.74) is 6.15. The van der Waals surface area contributed by atoms with E-state index in [4.69, 9.17) is 15.6 Å². The molecule has 0 fully saturated rings. The molecule has 1 atom stereocenters. The minimum atomic E-state index is -1.11. The van der Waals surface area contributed by atoms with Gasteiger partial charge in [0.1, 0.15) is 11.6 Å². The minimum Gasteiger partial charge on any atom is -0.480 e. The molecule has 0 aliphatic rings. The van der Waals surface area contributed by atoms with E-state index in [-0.39, 0.29) is 6.42 Å². The smallest absolute Gasteiger partial charge is 0.419 e. The molecule has 118 valence electrons. The average Bonchev–Trinajstić information content (AvgIpc) is 2.74. The monoisotopic (exact) mass is 304 g/mol. The van der Waals surface area contributed by atoms with Crippen LogP contribution in [-0.4, -0.2) is 33.4 Å². The third-order valence-electron chi connectivity index (χ3n) is 3.11. The molecule has 2 aromatic rings. The molecular weight excluding hydrogens is 284 g/mol. The second-order valence-corrected chi connectivity index (χ2v) is 6.16. The molecule has 0 saturated heterocycles. The maximum absolute atomic E-state index is 12.5. The second-order valence-electron chi connectivity index (χ2n) is 6.16. The number of hydrogen-bond acceptors (Lipinski definition) is 4. The van der Waals surface area contributed by atoms with Crippen molar-refractivity contribution in [1.82, 2.24) is 4.57 Å². The molecule has 0 spiro atoms. The largest absolute Gasteiger partial charge is 0.480 e. The van der Waals surface area contributed by atoms with Crippen molar-refractivity contribution in [1.29, 1.82) is 0 Å². The fourth-order valence-electron chi connectivity index (χ4n) is 2.20. The molecule has 0 aliphatic heterocycles. The summed E-state index contributed by atoms with van der Waals surface area (Å²) in [5.74, 6) is -1.11. The van der Waals surface area contributed by atoms with Crippen LogP contribution in [0.2, 0.25) is 0 Å². The molecule has 2 rings (SSSR count). The van der Waals surface area contributed by atoms with Crippen LogP contribution in [0.15, 0.2) is 30.3 Å². The third kappa shape index (κ3) is 3.46. The Kier molecular flexibility index (Phi) is 4.23. The van der Waals surface area contributed by atoms with E-state index >= 15 is 0 Å². The van der Waals surface area contributed by atoms with E-state index in [0.29, 0.717) is 11.2 Å². The summed E-state index contributed by atoms with van der Waals surface area (Å²) < 4.78 is 6.80. The van der Waals surface area contributed by atoms with E-state index < -0.39 is 23.7 Å². The first-order valence-electron chi connectivity index (χ1n) is 7.00. The lowest BCUT2D eigenvalue weighted by Crippen LogP contribution is -2.34. The van der Waals surface area contributed by atoms with Gasteiger partial charge in [0.2, 0.25) is 0 Å². The summed E-state index contributed by atoms with van der Waals surface area (Å²) in [6.45, 7) is 5.33. The van der Waals surface area contributed by atoms with Crippen LogP contribution in [0.25, 0.3) is 10.9 Å². The van der Waals surface area contributed by atoms with E-state index in [1.807, 2.05) is 18.2 Å². The number of fused-ring (bicyclic) bond motifs is 1. The molecule has 0 saturated carbocycles. The molecule has 1 aromatic heterocycles. The van der Waals surface area contributed by atoms with Crippen LogP contribution in [0, 0.1) is 0 Å². The Bertz CT molecular complexity index is 712. The predicted octanol–water partition coefficient (Wildman–Crippen LogP) is 2.38. The number of ether oxygens (including phenoxy) is 1. The highest BCUT2D eigenvalue weighted by atomic mass is 16.6. The first kappa shape index (κ1) is 16.0. The molecule has 1 heterocycles. The van der Waals surface area contributed by atoms with Crippen LogP contribution < -0.4 is 5.73 Å². The zero-order valence-electron chi connectivity index (χ0n) is 12.9. The lowest BCUT2D eigenvalue weighted by molar-refractivity contribution is -0.138. The fourth-order valence-corrected chi connectivity index (χ4v) is 2.20. The van der Waals surface area contributed by atoms with Gasteiger partial charge >= 0.3 is 12.1 Å². The van der Waals surface area contributed by atoms with Gasteiger partial charge in [-0.1, -0.05) is 18.2 Å². The standard InChI is InChI=1S/C16H20N2O4/c1-16(2,3)22-15(21)18-11(9-12(17)14(19)20)8-10-6-4-5-7-13(10)18/h4-8,12H,9,17H2,1-3H3,(H,19,20)/t12-/m0/s1. The van der Waals surface area contributed by atoms with Crippen LogP contribution in [0.1, 0.15) is 26.5 Å². The zero-order valence-corrected chi connectivity index (χ0v) is 12.9. The Morgan fingerprint density at radius 2 is 1.95 bits per heavy atom. The van der Waals surface area contributed by atoms with Crippen LogP contribution in [-0.2, 0) is 16.0 Å². The van der Waals surface area contributed by atoms with Gasteiger partial charge in [0.25, 0.3) is 0 Å². The number of para-hydroxylation sites is 1. The number of carboxylic acid groups (broad SMARTS) is 1. The lowest BCUT2D eigenvalue weighted by atomic mass is 10.1. The van der Waals surface area contributed by atoms with Gasteiger partial charge in [0, 0.05) is 17.5 Å². The van der Waals surface area contributed by atoms with Gasteiger partial charge in [-0.15, -0.1) is 0 Å². The molecule has 6 nitrogen and oxygen atoms in total. The van der Waals surface area contributed by atoms with Gasteiger partial charge in [0.05, 0.1) is 5.52 Å². The number of nitrogens with two attached hydrogens (primary N) is 1. The van der Waals surface area contributed by atoms with E-state index in [0.717, 1.165) is 5.39 Å². The molecule has 0 aliphatic carbocycles. The number of carbonyl (C=O) groups is 2. The quantitative estimate of drug-likeness (QED) is 0.907. The van der Waals surface area contributed by atoms with Crippen molar-refractivity contribution in [3.8, 4) is 0 Å². The molecule has 0 bridgehead atoms. The van der Waals surface area contributed by atoms with Crippen molar-refractivity contribution >= 4 is 23.0 Å². The summed E-state index contributed by atoms with van der Waals surface area (Å²) >= 11 is 0. The Balaban J connectivity index is 2.49. The van der Waals surface area contributed by atoms with Gasteiger partial charge in [-0.25, -0.2) is 9.36 Å². The first-order valence-corrected chi connectivity index (χ1v) is 7.00. The van der Waals surface area contributed by atoms with E-state index in [9.17, 15) is 9.59 Å². The van der Waals surface area contributed by atoms with Gasteiger partial charge in [-0.05, 0) is 32.9 Å². The van der Waals surface area contributed by atoms with Crippen molar-refractivity contribution < 1.29 is 19.4 Å². The summed E-state index contributed by atoms with van der Waals surface area (Å²) in [6, 6.07) is 7.99. The molecule has 22 heavy (non-hydrogen) atoms. The number of aliphatic carboxylic acids is 1. The molecule has 0 amide bonds. The SMILES string of the molecule is CC(C)(C)OC(=O)n1c(C[C@H](N)C(=O)O)cc2ccccc21. The molecule has 3 N–H and O–H groups in total.